The molecule has 86 valence electrons. The summed E-state index contributed by atoms with van der Waals surface area (Å²) in [5.74, 6) is 0. The SMILES string of the molecule is C[Si](C)=[Zr+2].C[c-]1ccc2ccccc21.[Cl-].[Cl-]. The Morgan fingerprint density at radius 2 is 1.56 bits per heavy atom. The van der Waals surface area contributed by atoms with Gasteiger partial charge in [-0.15, -0.1) is 34.5 Å². The summed E-state index contributed by atoms with van der Waals surface area (Å²) in [6.07, 6.45) is 0. The molecule has 2 aromatic carbocycles. The number of halogens is 2. The third-order valence-electron chi connectivity index (χ3n) is 1.90. The average molecular weight is 349 g/mol. The first-order chi connectivity index (χ1) is 6.61. The standard InChI is InChI=1S/C10H9.C2H6Si.2ClH.Zr/c1-8-6-7-9-4-2-3-5-10(8)9;1-3-2;;;/h2-7H,1H3;1-2H3;2*1H;/q-1;;;;+2/p-2. The first-order valence-electron chi connectivity index (χ1n) is 4.74. The van der Waals surface area contributed by atoms with Gasteiger partial charge in [0.15, 0.2) is 0 Å². The van der Waals surface area contributed by atoms with Crippen molar-refractivity contribution in [2.75, 3.05) is 0 Å². The number of fused-ring (bicyclic) bond motifs is 1. The third kappa shape index (κ3) is 6.30. The van der Waals surface area contributed by atoms with Crippen molar-refractivity contribution in [3.8, 4) is 0 Å². The van der Waals surface area contributed by atoms with E-state index >= 15 is 0 Å². The Morgan fingerprint density at radius 3 is 2.06 bits per heavy atom. The van der Waals surface area contributed by atoms with Gasteiger partial charge in [-0.3, -0.25) is 0 Å². The van der Waals surface area contributed by atoms with Crippen LogP contribution in [0.3, 0.4) is 0 Å². The van der Waals surface area contributed by atoms with Crippen LogP contribution in [0.15, 0.2) is 36.4 Å². The number of hydrogen-bond donors (Lipinski definition) is 0. The van der Waals surface area contributed by atoms with Gasteiger partial charge in [-0.1, -0.05) is 13.0 Å². The van der Waals surface area contributed by atoms with E-state index < -0.39 is 0 Å². The van der Waals surface area contributed by atoms with E-state index in [-0.39, 0.29) is 30.2 Å². The molecule has 4 heteroatoms. The molecule has 0 heterocycles. The maximum absolute atomic E-state index is 2.31. The van der Waals surface area contributed by atoms with Gasteiger partial charge in [0.2, 0.25) is 0 Å². The van der Waals surface area contributed by atoms with Crippen molar-refractivity contribution in [2.24, 2.45) is 0 Å². The van der Waals surface area contributed by atoms with E-state index in [1.54, 1.807) is 23.3 Å². The molecule has 0 nitrogen and oxygen atoms in total. The van der Waals surface area contributed by atoms with E-state index in [2.05, 4.69) is 56.4 Å². The van der Waals surface area contributed by atoms with Crippen LogP contribution in [0.2, 0.25) is 13.1 Å². The monoisotopic (exact) mass is 347 g/mol. The van der Waals surface area contributed by atoms with Gasteiger partial charge in [0.1, 0.15) is 0 Å². The van der Waals surface area contributed by atoms with E-state index in [0.29, 0.717) is 0 Å². The quantitative estimate of drug-likeness (QED) is 0.369. The first-order valence-corrected chi connectivity index (χ1v) is 10.9. The summed E-state index contributed by atoms with van der Waals surface area (Å²) >= 11 is 1.74. The Kier molecular flexibility index (Phi) is 11.2. The molecule has 2 rings (SSSR count). The summed E-state index contributed by atoms with van der Waals surface area (Å²) in [7, 11) is 0. The zero-order chi connectivity index (χ0) is 10.6. The van der Waals surface area contributed by atoms with Crippen LogP contribution in [0.4, 0.5) is 0 Å². The molecule has 0 aromatic heterocycles. The fourth-order valence-electron chi connectivity index (χ4n) is 1.31. The molecule has 0 bridgehead atoms. The van der Waals surface area contributed by atoms with Crippen molar-refractivity contribution < 1.29 is 48.1 Å². The largest absolute Gasteiger partial charge is 1.00 e. The molecule has 0 saturated carbocycles. The van der Waals surface area contributed by atoms with E-state index in [9.17, 15) is 0 Å². The minimum atomic E-state index is 0. The summed E-state index contributed by atoms with van der Waals surface area (Å²) in [5.41, 5.74) is 1.58. The molecule has 0 amide bonds. The molecular weight excluding hydrogens is 334 g/mol. The van der Waals surface area contributed by atoms with Crippen molar-refractivity contribution in [1.29, 1.82) is 0 Å². The van der Waals surface area contributed by atoms with E-state index in [0.717, 1.165) is 0 Å². The molecular formula is C12H15Cl2SiZr-. The van der Waals surface area contributed by atoms with Crippen molar-refractivity contribution in [1.82, 2.24) is 0 Å². The summed E-state index contributed by atoms with van der Waals surface area (Å²) < 4.78 is 0. The molecule has 0 fully saturated rings. The van der Waals surface area contributed by atoms with Gasteiger partial charge >= 0.3 is 41.9 Å². The molecule has 0 aliphatic rings. The second kappa shape index (κ2) is 9.53. The van der Waals surface area contributed by atoms with Crippen LogP contribution in [0, 0.1) is 6.92 Å². The molecule has 0 aliphatic heterocycles. The third-order valence-corrected chi connectivity index (χ3v) is 1.90. The number of rotatable bonds is 0. The Morgan fingerprint density at radius 1 is 1.06 bits per heavy atom. The van der Waals surface area contributed by atoms with Crippen LogP contribution in [-0.2, 0) is 23.3 Å². The Balaban J connectivity index is 0. The van der Waals surface area contributed by atoms with E-state index in [4.69, 9.17) is 0 Å². The zero-order valence-corrected chi connectivity index (χ0v) is 14.7. The summed E-state index contributed by atoms with van der Waals surface area (Å²) in [4.78, 5) is 0. The van der Waals surface area contributed by atoms with E-state index in [1.807, 2.05) is 0 Å². The molecule has 2 aromatic rings. The molecule has 0 atom stereocenters. The molecule has 0 saturated heterocycles. The van der Waals surface area contributed by atoms with Crippen molar-refractivity contribution in [2.45, 2.75) is 20.0 Å². The minimum Gasteiger partial charge on any atom is -1.00 e. The Bertz CT molecular complexity index is 433. The van der Waals surface area contributed by atoms with Gasteiger partial charge in [-0.05, 0) is 0 Å². The fourth-order valence-corrected chi connectivity index (χ4v) is 1.31. The number of benzene rings is 1. The van der Waals surface area contributed by atoms with Gasteiger partial charge < -0.3 is 24.8 Å². The Hall–Kier alpha value is 0.510. The van der Waals surface area contributed by atoms with Crippen LogP contribution >= 0.6 is 0 Å². The van der Waals surface area contributed by atoms with E-state index in [1.165, 1.54) is 16.3 Å². The first kappa shape index (κ1) is 18.9. The van der Waals surface area contributed by atoms with Gasteiger partial charge in [0, 0.05) is 0 Å². The maximum Gasteiger partial charge on any atom is -0.0748 e. The van der Waals surface area contributed by atoms with Crippen LogP contribution in [0.5, 0.6) is 0 Å². The second-order valence-corrected chi connectivity index (χ2v) is 13.0. The van der Waals surface area contributed by atoms with Crippen LogP contribution in [-0.4, -0.2) is 5.43 Å². The average Bonchev–Trinajstić information content (AvgIpc) is 2.48. The molecule has 0 N–H and O–H groups in total. The minimum absolute atomic E-state index is 0. The molecule has 0 radical (unpaired) electrons. The normalized spacial score (nSPS) is 8.31. The topological polar surface area (TPSA) is 0 Å². The molecule has 0 aliphatic carbocycles. The van der Waals surface area contributed by atoms with Crippen molar-refractivity contribution >= 4 is 16.2 Å². The predicted molar refractivity (Wildman–Crippen MR) is 61.8 cm³/mol. The number of hydrogen-bond acceptors (Lipinski definition) is 0. The van der Waals surface area contributed by atoms with Gasteiger partial charge in [0.25, 0.3) is 0 Å². The van der Waals surface area contributed by atoms with Crippen molar-refractivity contribution in [3.05, 3.63) is 42.0 Å². The van der Waals surface area contributed by atoms with Gasteiger partial charge in [0.05, 0.1) is 0 Å². The van der Waals surface area contributed by atoms with Gasteiger partial charge in [-0.2, -0.15) is 12.1 Å². The smallest absolute Gasteiger partial charge is 0.0748 e. The second-order valence-electron chi connectivity index (χ2n) is 3.60. The maximum atomic E-state index is 2.31. The number of aryl methyl sites for hydroxylation is 1. The van der Waals surface area contributed by atoms with Crippen molar-refractivity contribution in [3.63, 3.8) is 0 Å². The predicted octanol–water partition coefficient (Wildman–Crippen LogP) is -2.34. The van der Waals surface area contributed by atoms with Crippen LogP contribution in [0.1, 0.15) is 5.56 Å². The molecule has 16 heavy (non-hydrogen) atoms. The summed E-state index contributed by atoms with van der Waals surface area (Å²) in [5, 5.41) is 2.72. The molecule has 0 spiro atoms. The zero-order valence-electron chi connectivity index (χ0n) is 9.72. The van der Waals surface area contributed by atoms with Crippen LogP contribution in [0.25, 0.3) is 10.8 Å². The van der Waals surface area contributed by atoms with Gasteiger partial charge in [-0.25, -0.2) is 0 Å². The fraction of sp³-hybridized carbons (Fsp3) is 0.250. The summed E-state index contributed by atoms with van der Waals surface area (Å²) in [6.45, 7) is 6.76. The molecule has 0 unspecified atom stereocenters. The van der Waals surface area contributed by atoms with Crippen LogP contribution < -0.4 is 24.8 Å². The summed E-state index contributed by atoms with van der Waals surface area (Å²) in [6, 6.07) is 12.8. The Labute approximate surface area is 125 Å².